The molecule has 2 aliphatic carbocycles. The molecule has 1 N–H and O–H groups in total. The van der Waals surface area contributed by atoms with Crippen LogP contribution >= 0.6 is 11.3 Å². The highest BCUT2D eigenvalue weighted by Crippen LogP contribution is 2.39. The molecule has 0 spiro atoms. The molecule has 0 radical (unpaired) electrons. The first-order valence-electron chi connectivity index (χ1n) is 11.3. The lowest BCUT2D eigenvalue weighted by molar-refractivity contribution is -0.124. The predicted octanol–water partition coefficient (Wildman–Crippen LogP) is 5.57. The summed E-state index contributed by atoms with van der Waals surface area (Å²) >= 11 is 1.17. The molecule has 3 rings (SSSR count). The number of hydrogen-bond donors (Lipinski definition) is 1. The molecule has 0 aromatic carbocycles. The van der Waals surface area contributed by atoms with Crippen LogP contribution in [0, 0.1) is 29.1 Å². The van der Waals surface area contributed by atoms with Gasteiger partial charge >= 0.3 is 5.97 Å². The van der Waals surface area contributed by atoms with Crippen molar-refractivity contribution >= 4 is 28.9 Å². The molecule has 5 nitrogen and oxygen atoms in total. The number of nitrogens with zero attached hydrogens (tertiary/aromatic N) is 1. The number of methoxy groups -OCH3 is 1. The Hall–Kier alpha value is -1.84. The number of carboxylic acids is 1. The number of anilines is 1. The van der Waals surface area contributed by atoms with Crippen LogP contribution in [0.2, 0.25) is 0 Å². The molecule has 2 aliphatic rings. The van der Waals surface area contributed by atoms with Gasteiger partial charge in [0.25, 0.3) is 0 Å². The van der Waals surface area contributed by atoms with Gasteiger partial charge < -0.3 is 14.7 Å². The largest absolute Gasteiger partial charge is 0.477 e. The zero-order chi connectivity index (χ0) is 22.8. The first-order chi connectivity index (χ1) is 14.6. The number of hydrogen-bond acceptors (Lipinski definition) is 4. The van der Waals surface area contributed by atoms with E-state index >= 15 is 0 Å². The smallest absolute Gasteiger partial charge is 0.348 e. The number of thiophene rings is 1. The second-order valence-corrected chi connectivity index (χ2v) is 11.2. The van der Waals surface area contributed by atoms with Gasteiger partial charge in [-0.15, -0.1) is 11.3 Å². The van der Waals surface area contributed by atoms with Crippen molar-refractivity contribution in [2.75, 3.05) is 12.0 Å². The van der Waals surface area contributed by atoms with Crippen LogP contribution in [0.15, 0.2) is 6.07 Å². The van der Waals surface area contributed by atoms with Crippen LogP contribution in [0.5, 0.6) is 0 Å². The number of amides is 1. The average Bonchev–Trinajstić information content (AvgIpc) is 3.34. The van der Waals surface area contributed by atoms with Gasteiger partial charge in [-0.2, -0.15) is 0 Å². The van der Waals surface area contributed by atoms with Crippen LogP contribution < -0.4 is 4.90 Å². The summed E-state index contributed by atoms with van der Waals surface area (Å²) in [7, 11) is 1.70. The molecule has 0 bridgehead atoms. The van der Waals surface area contributed by atoms with Gasteiger partial charge in [0.15, 0.2) is 0 Å². The first kappa shape index (κ1) is 23.8. The van der Waals surface area contributed by atoms with E-state index in [1.807, 2.05) is 31.7 Å². The lowest BCUT2D eigenvalue weighted by Gasteiger charge is -2.34. The summed E-state index contributed by atoms with van der Waals surface area (Å²) in [6.45, 7) is 8.31. The molecule has 31 heavy (non-hydrogen) atoms. The zero-order valence-electron chi connectivity index (χ0n) is 19.4. The lowest BCUT2D eigenvalue weighted by atomic mass is 9.82. The van der Waals surface area contributed by atoms with E-state index in [1.165, 1.54) is 11.3 Å². The molecule has 1 amide bonds. The number of carboxylic acid groups (broad SMARTS) is 1. The van der Waals surface area contributed by atoms with E-state index in [-0.39, 0.29) is 34.3 Å². The molecule has 6 heteroatoms. The molecule has 1 heterocycles. The van der Waals surface area contributed by atoms with Crippen LogP contribution in [-0.4, -0.2) is 36.2 Å². The highest BCUT2D eigenvalue weighted by atomic mass is 32.1. The number of carbonyl (C=O) groups excluding carboxylic acids is 1. The van der Waals surface area contributed by atoms with E-state index in [0.717, 1.165) is 44.9 Å². The van der Waals surface area contributed by atoms with E-state index in [0.29, 0.717) is 16.5 Å². The molecule has 1 aromatic rings. The summed E-state index contributed by atoms with van der Waals surface area (Å²) in [5, 5.41) is 9.92. The molecule has 2 atom stereocenters. The van der Waals surface area contributed by atoms with Crippen LogP contribution in [0.25, 0.3) is 0 Å². The fourth-order valence-electron chi connectivity index (χ4n) is 4.59. The molecule has 0 saturated heterocycles. The van der Waals surface area contributed by atoms with Crippen molar-refractivity contribution in [3.8, 4) is 11.8 Å². The van der Waals surface area contributed by atoms with E-state index in [2.05, 4.69) is 18.8 Å². The van der Waals surface area contributed by atoms with Crippen molar-refractivity contribution in [3.63, 3.8) is 0 Å². The van der Waals surface area contributed by atoms with Crippen LogP contribution in [0.4, 0.5) is 5.69 Å². The minimum absolute atomic E-state index is 0.0343. The standard InChI is InChI=1S/C25H35NO4S/c1-16-6-8-17(9-7-16)23(27)26(18-10-11-19(14-18)30-5)21-15-20(12-13-25(2,3)4)31-22(21)24(28)29/h15-19H,6-11,14H2,1-5H3,(H,28,29)/t16?,17?,18-,19+/m0/s1. The van der Waals surface area contributed by atoms with E-state index in [4.69, 9.17) is 4.74 Å². The van der Waals surface area contributed by atoms with Crippen LogP contribution in [0.3, 0.4) is 0 Å². The van der Waals surface area contributed by atoms with E-state index in [9.17, 15) is 14.7 Å². The number of carbonyl (C=O) groups is 2. The molecule has 2 saturated carbocycles. The summed E-state index contributed by atoms with van der Waals surface area (Å²) in [6, 6.07) is 1.78. The molecular formula is C25H35NO4S. The molecule has 0 aliphatic heterocycles. The third-order valence-corrected chi connectivity index (χ3v) is 7.41. The second kappa shape index (κ2) is 9.75. The van der Waals surface area contributed by atoms with Gasteiger partial charge in [0.1, 0.15) is 4.88 Å². The monoisotopic (exact) mass is 445 g/mol. The topological polar surface area (TPSA) is 66.8 Å². The minimum atomic E-state index is -1.000. The van der Waals surface area contributed by atoms with E-state index in [1.54, 1.807) is 7.11 Å². The quantitative estimate of drug-likeness (QED) is 0.602. The van der Waals surface area contributed by atoms with Crippen molar-refractivity contribution in [3.05, 3.63) is 15.8 Å². The van der Waals surface area contributed by atoms with Gasteiger partial charge in [0.2, 0.25) is 5.91 Å². The van der Waals surface area contributed by atoms with Crippen molar-refractivity contribution in [2.24, 2.45) is 17.3 Å². The maximum absolute atomic E-state index is 13.7. The van der Waals surface area contributed by atoms with Gasteiger partial charge in [0, 0.05) is 24.5 Å². The van der Waals surface area contributed by atoms with Gasteiger partial charge in [-0.05, 0) is 77.7 Å². The fourth-order valence-corrected chi connectivity index (χ4v) is 5.43. The minimum Gasteiger partial charge on any atom is -0.477 e. The van der Waals surface area contributed by atoms with Gasteiger partial charge in [-0.1, -0.05) is 18.8 Å². The molecule has 1 aromatic heterocycles. The summed E-state index contributed by atoms with van der Waals surface area (Å²) in [5.74, 6) is 6.00. The lowest BCUT2D eigenvalue weighted by Crippen LogP contribution is -2.44. The molecule has 2 fully saturated rings. The zero-order valence-corrected chi connectivity index (χ0v) is 20.2. The normalized spacial score (nSPS) is 26.2. The Labute approximate surface area is 190 Å². The summed E-state index contributed by atoms with van der Waals surface area (Å²) in [4.78, 5) is 28.6. The first-order valence-corrected chi connectivity index (χ1v) is 12.2. The maximum atomic E-state index is 13.7. The van der Waals surface area contributed by atoms with Crippen molar-refractivity contribution in [1.82, 2.24) is 0 Å². The maximum Gasteiger partial charge on any atom is 0.348 e. The summed E-state index contributed by atoms with van der Waals surface area (Å²) in [5.41, 5.74) is 0.333. The average molecular weight is 446 g/mol. The number of ether oxygens (including phenoxy) is 1. The summed E-state index contributed by atoms with van der Waals surface area (Å²) in [6.07, 6.45) is 6.41. The van der Waals surface area contributed by atoms with Gasteiger partial charge in [-0.25, -0.2) is 4.79 Å². The Morgan fingerprint density at radius 2 is 1.84 bits per heavy atom. The third kappa shape index (κ3) is 5.90. The Morgan fingerprint density at radius 1 is 1.16 bits per heavy atom. The molecular weight excluding hydrogens is 410 g/mol. The Bertz CT molecular complexity index is 864. The van der Waals surface area contributed by atoms with Gasteiger partial charge in [0.05, 0.1) is 16.7 Å². The predicted molar refractivity (Wildman–Crippen MR) is 125 cm³/mol. The Balaban J connectivity index is 2.00. The molecule has 170 valence electrons. The van der Waals surface area contributed by atoms with Crippen molar-refractivity contribution in [2.45, 2.75) is 84.8 Å². The SMILES string of the molecule is CO[C@@H]1CC[C@H](N(C(=O)C2CCC(C)CC2)c2cc(C#CC(C)(C)C)sc2C(=O)O)C1. The fraction of sp³-hybridized carbons (Fsp3) is 0.680. The number of rotatable bonds is 5. The summed E-state index contributed by atoms with van der Waals surface area (Å²) < 4.78 is 5.55. The van der Waals surface area contributed by atoms with E-state index < -0.39 is 5.97 Å². The van der Waals surface area contributed by atoms with Gasteiger partial charge in [-0.3, -0.25) is 4.79 Å². The van der Waals surface area contributed by atoms with Crippen molar-refractivity contribution in [1.29, 1.82) is 0 Å². The van der Waals surface area contributed by atoms with Crippen LogP contribution in [-0.2, 0) is 9.53 Å². The Morgan fingerprint density at radius 3 is 2.39 bits per heavy atom. The van der Waals surface area contributed by atoms with Crippen LogP contribution in [0.1, 0.15) is 87.2 Å². The highest BCUT2D eigenvalue weighted by molar-refractivity contribution is 7.15. The highest BCUT2D eigenvalue weighted by Gasteiger charge is 2.39. The number of aromatic carboxylic acids is 1. The Kier molecular flexibility index (Phi) is 7.49. The second-order valence-electron chi connectivity index (χ2n) is 10.1. The third-order valence-electron chi connectivity index (χ3n) is 6.38. The molecule has 0 unspecified atom stereocenters. The van der Waals surface area contributed by atoms with Crippen molar-refractivity contribution < 1.29 is 19.4 Å².